The van der Waals surface area contributed by atoms with Crippen LogP contribution in [0.25, 0.3) is 0 Å². The van der Waals surface area contributed by atoms with Crippen LogP contribution in [0.4, 0.5) is 4.79 Å². The van der Waals surface area contributed by atoms with Crippen LogP contribution in [0.3, 0.4) is 0 Å². The van der Waals surface area contributed by atoms with E-state index in [0.29, 0.717) is 39.8 Å². The highest BCUT2D eigenvalue weighted by Gasteiger charge is 2.14. The van der Waals surface area contributed by atoms with Crippen molar-refractivity contribution in [3.63, 3.8) is 0 Å². The molecule has 0 saturated carbocycles. The van der Waals surface area contributed by atoms with E-state index < -0.39 is 0 Å². The summed E-state index contributed by atoms with van der Waals surface area (Å²) in [4.78, 5) is 21.8. The van der Waals surface area contributed by atoms with E-state index >= 15 is 0 Å². The van der Waals surface area contributed by atoms with E-state index in [0.717, 1.165) is 19.3 Å². The van der Waals surface area contributed by atoms with Crippen molar-refractivity contribution in [2.45, 2.75) is 59.6 Å². The number of nitrogens with one attached hydrogen (secondary N) is 2. The third-order valence-electron chi connectivity index (χ3n) is 5.59. The van der Waals surface area contributed by atoms with Crippen LogP contribution in [0.5, 0.6) is 5.75 Å². The SMILES string of the molecule is C=C/C=C\C(=C/C)CCCC(C)NC(=O)N/C(=C/C)N=C(N=C(C=C)c1cccc(CO)c1OC)C(=C)C. The molecule has 0 aliphatic carbocycles. The Bertz CT molecular complexity index is 1140. The molecule has 2 amide bonds. The number of amides is 2. The quantitative estimate of drug-likeness (QED) is 0.148. The van der Waals surface area contributed by atoms with Crippen LogP contribution in [0.2, 0.25) is 0 Å². The van der Waals surface area contributed by atoms with Crippen molar-refractivity contribution in [1.82, 2.24) is 10.6 Å². The van der Waals surface area contributed by atoms with Crippen LogP contribution in [0.15, 0.2) is 101 Å². The molecule has 1 aromatic rings. The maximum absolute atomic E-state index is 12.6. The van der Waals surface area contributed by atoms with Gasteiger partial charge in [-0.1, -0.05) is 61.7 Å². The number of ether oxygens (including phenoxy) is 1. The van der Waals surface area contributed by atoms with Crippen molar-refractivity contribution < 1.29 is 14.6 Å². The third kappa shape index (κ3) is 10.6. The zero-order valence-electron chi connectivity index (χ0n) is 23.4. The van der Waals surface area contributed by atoms with Gasteiger partial charge in [0.15, 0.2) is 5.84 Å². The largest absolute Gasteiger partial charge is 0.496 e. The molecule has 1 atom stereocenters. The standard InChI is InChI=1S/C31H42N4O3/c1-9-13-17-24(10-2)18-14-16-23(7)32-31(37)35-28(12-4)34-30(22(5)6)33-27(11-3)26-20-15-19-25(21-36)29(26)38-8/h9-13,15,17,19-20,23,36H,1,3,5,14,16,18,21H2,2,4,6-8H3,(H2,32,35,37)/b17-13-,24-10+,28-12+,33-27?,34-30?. The second kappa shape index (κ2) is 17.5. The van der Waals surface area contributed by atoms with Gasteiger partial charge in [0.05, 0.1) is 19.4 Å². The number of aliphatic hydroxyl groups is 1. The first-order valence-electron chi connectivity index (χ1n) is 12.6. The molecule has 0 aliphatic rings. The maximum atomic E-state index is 12.6. The van der Waals surface area contributed by atoms with Crippen molar-refractivity contribution in [1.29, 1.82) is 0 Å². The monoisotopic (exact) mass is 518 g/mol. The first-order valence-corrected chi connectivity index (χ1v) is 12.6. The highest BCUT2D eigenvalue weighted by molar-refractivity contribution is 6.17. The fourth-order valence-corrected chi connectivity index (χ4v) is 3.55. The van der Waals surface area contributed by atoms with Crippen LogP contribution < -0.4 is 15.4 Å². The molecular weight excluding hydrogens is 476 g/mol. The molecule has 1 aromatic carbocycles. The van der Waals surface area contributed by atoms with Crippen LogP contribution in [0, 0.1) is 0 Å². The fourth-order valence-electron chi connectivity index (χ4n) is 3.55. The van der Waals surface area contributed by atoms with E-state index in [1.165, 1.54) is 12.7 Å². The molecule has 204 valence electrons. The van der Waals surface area contributed by atoms with Crippen molar-refractivity contribution in [3.05, 3.63) is 102 Å². The molecule has 0 aliphatic heterocycles. The van der Waals surface area contributed by atoms with E-state index in [9.17, 15) is 9.90 Å². The van der Waals surface area contributed by atoms with Gasteiger partial charge in [0, 0.05) is 17.2 Å². The van der Waals surface area contributed by atoms with Gasteiger partial charge in [-0.2, -0.15) is 0 Å². The Labute approximate surface area is 227 Å². The van der Waals surface area contributed by atoms with E-state index in [4.69, 9.17) is 4.74 Å². The van der Waals surface area contributed by atoms with E-state index in [1.54, 1.807) is 38.1 Å². The number of para-hydroxylation sites is 1. The summed E-state index contributed by atoms with van der Waals surface area (Å²) in [6.07, 6.45) is 13.8. The van der Waals surface area contributed by atoms with Crippen LogP contribution in [-0.4, -0.2) is 35.8 Å². The Kier molecular flexibility index (Phi) is 14.7. The Hall–Kier alpha value is -3.97. The van der Waals surface area contributed by atoms with E-state index in [1.807, 2.05) is 38.1 Å². The summed E-state index contributed by atoms with van der Waals surface area (Å²) in [5.74, 6) is 1.16. The van der Waals surface area contributed by atoms with Gasteiger partial charge in [-0.05, 0) is 70.7 Å². The number of aliphatic hydroxyl groups excluding tert-OH is 1. The Morgan fingerprint density at radius 1 is 1.21 bits per heavy atom. The maximum Gasteiger partial charge on any atom is 0.320 e. The fraction of sp³-hybridized carbons (Fsp3) is 0.323. The lowest BCUT2D eigenvalue weighted by molar-refractivity contribution is 0.239. The number of allylic oxidation sites excluding steroid dienone is 7. The highest BCUT2D eigenvalue weighted by Crippen LogP contribution is 2.25. The first kappa shape index (κ1) is 32.1. The zero-order chi connectivity index (χ0) is 28.5. The van der Waals surface area contributed by atoms with Crippen molar-refractivity contribution >= 4 is 17.6 Å². The number of hydrogen-bond donors (Lipinski definition) is 3. The third-order valence-corrected chi connectivity index (χ3v) is 5.59. The van der Waals surface area contributed by atoms with Crippen LogP contribution >= 0.6 is 0 Å². The summed E-state index contributed by atoms with van der Waals surface area (Å²) in [7, 11) is 1.54. The van der Waals surface area contributed by atoms with Gasteiger partial charge in [-0.25, -0.2) is 14.8 Å². The molecular formula is C31H42N4O3. The van der Waals surface area contributed by atoms with Gasteiger partial charge in [0.1, 0.15) is 11.6 Å². The topological polar surface area (TPSA) is 95.3 Å². The number of rotatable bonds is 14. The minimum atomic E-state index is -0.349. The van der Waals surface area contributed by atoms with Gasteiger partial charge in [0.25, 0.3) is 0 Å². The minimum absolute atomic E-state index is 0.0177. The van der Waals surface area contributed by atoms with Gasteiger partial charge < -0.3 is 15.2 Å². The molecule has 7 heteroatoms. The molecule has 1 rings (SSSR count). The summed E-state index contributed by atoms with van der Waals surface area (Å²) in [5, 5.41) is 15.4. The number of methoxy groups -OCH3 is 1. The van der Waals surface area contributed by atoms with Crippen molar-refractivity contribution in [3.8, 4) is 5.75 Å². The number of carbonyl (C=O) groups is 1. The molecule has 0 aromatic heterocycles. The summed E-state index contributed by atoms with van der Waals surface area (Å²) in [6, 6.07) is 5.04. The number of carbonyl (C=O) groups excluding carboxylic acids is 1. The summed E-state index contributed by atoms with van der Waals surface area (Å²) in [6.45, 7) is 18.9. The predicted molar refractivity (Wildman–Crippen MR) is 160 cm³/mol. The van der Waals surface area contributed by atoms with Crippen LogP contribution in [0.1, 0.15) is 58.1 Å². The van der Waals surface area contributed by atoms with Gasteiger partial charge in [0.2, 0.25) is 0 Å². The lowest BCUT2D eigenvalue weighted by Crippen LogP contribution is -2.40. The molecule has 3 N–H and O–H groups in total. The Morgan fingerprint density at radius 3 is 2.50 bits per heavy atom. The summed E-state index contributed by atoms with van der Waals surface area (Å²) < 4.78 is 5.51. The molecule has 1 unspecified atom stereocenters. The van der Waals surface area contributed by atoms with Crippen LogP contribution in [-0.2, 0) is 6.61 Å². The normalized spacial score (nSPS) is 13.7. The van der Waals surface area contributed by atoms with Gasteiger partial charge >= 0.3 is 6.03 Å². The molecule has 7 nitrogen and oxygen atoms in total. The Balaban J connectivity index is 3.00. The lowest BCUT2D eigenvalue weighted by Gasteiger charge is -2.15. The second-order valence-corrected chi connectivity index (χ2v) is 8.60. The average Bonchev–Trinajstić information content (AvgIpc) is 2.91. The van der Waals surface area contributed by atoms with Gasteiger partial charge in [-0.3, -0.25) is 5.32 Å². The zero-order valence-corrected chi connectivity index (χ0v) is 23.4. The van der Waals surface area contributed by atoms with E-state index in [2.05, 4.69) is 46.4 Å². The van der Waals surface area contributed by atoms with Crippen molar-refractivity contribution in [2.24, 2.45) is 9.98 Å². The first-order chi connectivity index (χ1) is 18.2. The second-order valence-electron chi connectivity index (χ2n) is 8.60. The Morgan fingerprint density at radius 2 is 1.95 bits per heavy atom. The smallest absolute Gasteiger partial charge is 0.320 e. The van der Waals surface area contributed by atoms with E-state index in [-0.39, 0.29) is 18.7 Å². The number of nitrogens with zero attached hydrogens (tertiary/aromatic N) is 2. The number of urea groups is 1. The summed E-state index contributed by atoms with van der Waals surface area (Å²) >= 11 is 0. The molecule has 38 heavy (non-hydrogen) atoms. The molecule has 0 heterocycles. The molecule has 0 spiro atoms. The average molecular weight is 519 g/mol. The predicted octanol–water partition coefficient (Wildman–Crippen LogP) is 6.55. The number of benzene rings is 1. The molecule has 0 radical (unpaired) electrons. The molecule has 0 fully saturated rings. The van der Waals surface area contributed by atoms with Crippen molar-refractivity contribution in [2.75, 3.05) is 7.11 Å². The minimum Gasteiger partial charge on any atom is -0.496 e. The number of hydrogen-bond acceptors (Lipinski definition) is 4. The van der Waals surface area contributed by atoms with Gasteiger partial charge in [-0.15, -0.1) is 0 Å². The molecule has 0 saturated heterocycles. The summed E-state index contributed by atoms with van der Waals surface area (Å²) in [5.41, 5.74) is 3.62. The lowest BCUT2D eigenvalue weighted by atomic mass is 10.0. The number of aliphatic imine (C=N–C) groups is 2. The highest BCUT2D eigenvalue weighted by atomic mass is 16.5. The molecule has 0 bridgehead atoms. The number of amidine groups is 1.